The lowest BCUT2D eigenvalue weighted by atomic mass is 10.1. The molecule has 0 spiro atoms. The Labute approximate surface area is 139 Å². The van der Waals surface area contributed by atoms with Crippen LogP contribution in [0.5, 0.6) is 5.75 Å². The number of furan rings is 1. The highest BCUT2D eigenvalue weighted by Crippen LogP contribution is 2.25. The predicted octanol–water partition coefficient (Wildman–Crippen LogP) is 3.56. The van der Waals surface area contributed by atoms with Crippen LogP contribution in [-0.4, -0.2) is 12.5 Å². The molecular formula is C17H15ClN2O3. The maximum Gasteiger partial charge on any atom is 0.262 e. The number of nitrogens with one attached hydrogen (secondary N) is 1. The molecule has 0 saturated heterocycles. The van der Waals surface area contributed by atoms with Gasteiger partial charge in [-0.3, -0.25) is 4.79 Å². The van der Waals surface area contributed by atoms with Gasteiger partial charge in [0.05, 0.1) is 19.4 Å². The topological polar surface area (TPSA) is 75.3 Å². The van der Waals surface area contributed by atoms with Gasteiger partial charge in [0.2, 0.25) is 0 Å². The van der Waals surface area contributed by atoms with Crippen LogP contribution in [-0.2, 0) is 11.3 Å². The zero-order chi connectivity index (χ0) is 16.7. The summed E-state index contributed by atoms with van der Waals surface area (Å²) in [7, 11) is 0. The molecule has 2 rings (SSSR count). The lowest BCUT2D eigenvalue weighted by molar-refractivity contribution is -0.117. The lowest BCUT2D eigenvalue weighted by Crippen LogP contribution is -2.23. The van der Waals surface area contributed by atoms with Gasteiger partial charge in [0, 0.05) is 10.6 Å². The van der Waals surface area contributed by atoms with Gasteiger partial charge >= 0.3 is 0 Å². The highest BCUT2D eigenvalue weighted by molar-refractivity contribution is 6.30. The molecule has 6 heteroatoms. The molecule has 0 aliphatic heterocycles. The van der Waals surface area contributed by atoms with Crippen LogP contribution in [0.3, 0.4) is 0 Å². The van der Waals surface area contributed by atoms with Crippen LogP contribution in [0.2, 0.25) is 5.02 Å². The van der Waals surface area contributed by atoms with Gasteiger partial charge in [-0.05, 0) is 43.3 Å². The van der Waals surface area contributed by atoms with Crippen molar-refractivity contribution in [2.24, 2.45) is 0 Å². The summed E-state index contributed by atoms with van der Waals surface area (Å²) in [4.78, 5) is 12.1. The monoisotopic (exact) mass is 330 g/mol. The highest BCUT2D eigenvalue weighted by atomic mass is 35.5. The van der Waals surface area contributed by atoms with E-state index in [2.05, 4.69) is 5.32 Å². The molecule has 2 aromatic rings. The van der Waals surface area contributed by atoms with E-state index < -0.39 is 5.91 Å². The van der Waals surface area contributed by atoms with Crippen molar-refractivity contribution in [3.63, 3.8) is 0 Å². The molecule has 5 nitrogen and oxygen atoms in total. The number of amides is 1. The van der Waals surface area contributed by atoms with Gasteiger partial charge in [-0.1, -0.05) is 11.6 Å². The number of carbonyl (C=O) groups is 1. The summed E-state index contributed by atoms with van der Waals surface area (Å²) in [6, 6.07) is 10.4. The summed E-state index contributed by atoms with van der Waals surface area (Å²) in [5.74, 6) is 0.670. The van der Waals surface area contributed by atoms with Gasteiger partial charge < -0.3 is 14.5 Å². The molecule has 1 amide bonds. The van der Waals surface area contributed by atoms with E-state index in [-0.39, 0.29) is 12.1 Å². The largest absolute Gasteiger partial charge is 0.493 e. The van der Waals surface area contributed by atoms with Crippen LogP contribution in [0.1, 0.15) is 18.2 Å². The van der Waals surface area contributed by atoms with E-state index >= 15 is 0 Å². The Balaban J connectivity index is 2.19. The number of nitrogens with zero attached hydrogens (tertiary/aromatic N) is 1. The molecule has 1 aromatic carbocycles. The molecule has 0 atom stereocenters. The maximum atomic E-state index is 12.1. The molecule has 0 aliphatic rings. The van der Waals surface area contributed by atoms with E-state index in [0.29, 0.717) is 28.7 Å². The Morgan fingerprint density at radius 2 is 2.30 bits per heavy atom. The zero-order valence-corrected chi connectivity index (χ0v) is 13.3. The Bertz CT molecular complexity index is 746. The summed E-state index contributed by atoms with van der Waals surface area (Å²) in [5.41, 5.74) is 0.531. The molecule has 0 radical (unpaired) electrons. The molecule has 1 aromatic heterocycles. The predicted molar refractivity (Wildman–Crippen MR) is 86.8 cm³/mol. The van der Waals surface area contributed by atoms with Gasteiger partial charge in [-0.2, -0.15) is 5.26 Å². The quantitative estimate of drug-likeness (QED) is 0.649. The lowest BCUT2D eigenvalue weighted by Gasteiger charge is -2.08. The minimum Gasteiger partial charge on any atom is -0.493 e. The number of hydrogen-bond acceptors (Lipinski definition) is 4. The number of benzene rings is 1. The van der Waals surface area contributed by atoms with Crippen LogP contribution < -0.4 is 10.1 Å². The minimum atomic E-state index is -0.494. The van der Waals surface area contributed by atoms with Gasteiger partial charge in [0.15, 0.2) is 0 Å². The number of rotatable bonds is 6. The highest BCUT2D eigenvalue weighted by Gasteiger charge is 2.11. The standard InChI is InChI=1S/C17H15ClN2O3/c1-2-22-16-6-5-14(18)9-12(16)8-13(10-19)17(21)20-11-15-4-3-7-23-15/h3-9H,2,11H2,1H3,(H,20,21)/b13-8+. The molecular weight excluding hydrogens is 316 g/mol. The SMILES string of the molecule is CCOc1ccc(Cl)cc1/C=C(\C#N)C(=O)NCc1ccco1. The Morgan fingerprint density at radius 3 is 2.96 bits per heavy atom. The van der Waals surface area contributed by atoms with Crippen LogP contribution in [0, 0.1) is 11.3 Å². The van der Waals surface area contributed by atoms with Crippen molar-refractivity contribution in [3.05, 3.63) is 58.5 Å². The summed E-state index contributed by atoms with van der Waals surface area (Å²) in [6.07, 6.45) is 2.97. The van der Waals surface area contributed by atoms with Gasteiger partial charge in [0.25, 0.3) is 5.91 Å². The molecule has 0 saturated carbocycles. The molecule has 23 heavy (non-hydrogen) atoms. The summed E-state index contributed by atoms with van der Waals surface area (Å²) < 4.78 is 10.6. The van der Waals surface area contributed by atoms with E-state index in [1.807, 2.05) is 13.0 Å². The molecule has 0 fully saturated rings. The van der Waals surface area contributed by atoms with Crippen molar-refractivity contribution in [2.45, 2.75) is 13.5 Å². The van der Waals surface area contributed by atoms with E-state index in [1.165, 1.54) is 12.3 Å². The molecule has 118 valence electrons. The number of halogens is 1. The molecule has 0 unspecified atom stereocenters. The first-order chi connectivity index (χ1) is 11.1. The van der Waals surface area contributed by atoms with E-state index in [9.17, 15) is 10.1 Å². The number of ether oxygens (including phenoxy) is 1. The first kappa shape index (κ1) is 16.7. The van der Waals surface area contributed by atoms with E-state index in [1.54, 1.807) is 30.3 Å². The van der Waals surface area contributed by atoms with Crippen LogP contribution in [0.25, 0.3) is 6.08 Å². The van der Waals surface area contributed by atoms with Crippen LogP contribution in [0.4, 0.5) is 0 Å². The normalized spacial score (nSPS) is 10.9. The average Bonchev–Trinajstić information content (AvgIpc) is 3.06. The molecule has 1 heterocycles. The van der Waals surface area contributed by atoms with Crippen LogP contribution >= 0.6 is 11.6 Å². The van der Waals surface area contributed by atoms with Crippen molar-refractivity contribution in [2.75, 3.05) is 6.61 Å². The van der Waals surface area contributed by atoms with Crippen molar-refractivity contribution < 1.29 is 13.9 Å². The van der Waals surface area contributed by atoms with Crippen molar-refractivity contribution in [1.29, 1.82) is 5.26 Å². The minimum absolute atomic E-state index is 0.0419. The van der Waals surface area contributed by atoms with Crippen molar-refractivity contribution >= 4 is 23.6 Å². The third-order valence-electron chi connectivity index (χ3n) is 2.94. The first-order valence-corrected chi connectivity index (χ1v) is 7.36. The van der Waals surface area contributed by atoms with E-state index in [0.717, 1.165) is 0 Å². The van der Waals surface area contributed by atoms with Crippen molar-refractivity contribution in [1.82, 2.24) is 5.32 Å². The van der Waals surface area contributed by atoms with Gasteiger partial charge in [-0.25, -0.2) is 0 Å². The second-order valence-corrected chi connectivity index (χ2v) is 4.98. The Morgan fingerprint density at radius 1 is 1.48 bits per heavy atom. The average molecular weight is 331 g/mol. The smallest absolute Gasteiger partial charge is 0.262 e. The summed E-state index contributed by atoms with van der Waals surface area (Å²) >= 11 is 5.97. The fourth-order valence-electron chi connectivity index (χ4n) is 1.90. The van der Waals surface area contributed by atoms with Crippen LogP contribution in [0.15, 0.2) is 46.6 Å². The second-order valence-electron chi connectivity index (χ2n) is 4.55. The summed E-state index contributed by atoms with van der Waals surface area (Å²) in [5, 5.41) is 12.3. The van der Waals surface area contributed by atoms with Crippen molar-refractivity contribution in [3.8, 4) is 11.8 Å². The summed E-state index contributed by atoms with van der Waals surface area (Å²) in [6.45, 7) is 2.52. The fraction of sp³-hybridized carbons (Fsp3) is 0.176. The third kappa shape index (κ3) is 4.63. The van der Waals surface area contributed by atoms with Gasteiger partial charge in [-0.15, -0.1) is 0 Å². The second kappa shape index (κ2) is 8.06. The number of hydrogen-bond donors (Lipinski definition) is 1. The molecule has 1 N–H and O–H groups in total. The molecule has 0 bridgehead atoms. The number of nitriles is 1. The number of carbonyl (C=O) groups excluding carboxylic acids is 1. The first-order valence-electron chi connectivity index (χ1n) is 6.98. The zero-order valence-electron chi connectivity index (χ0n) is 12.5. The fourth-order valence-corrected chi connectivity index (χ4v) is 2.08. The van der Waals surface area contributed by atoms with E-state index in [4.69, 9.17) is 20.8 Å². The molecule has 0 aliphatic carbocycles. The third-order valence-corrected chi connectivity index (χ3v) is 3.17. The van der Waals surface area contributed by atoms with Gasteiger partial charge in [0.1, 0.15) is 23.2 Å². The maximum absolute atomic E-state index is 12.1. The Hall–Kier alpha value is -2.71. The Kier molecular flexibility index (Phi) is 5.84.